The molecule has 0 bridgehead atoms. The second-order valence-corrected chi connectivity index (χ2v) is 4.87. The molecular formula is C12H19NO2. The molecule has 0 aliphatic heterocycles. The second-order valence-electron chi connectivity index (χ2n) is 4.87. The zero-order valence-corrected chi connectivity index (χ0v) is 9.79. The number of aryl methyl sites for hydroxylation is 1. The first kappa shape index (κ1) is 12.0. The third-order valence-electron chi connectivity index (χ3n) is 2.42. The molecule has 1 aromatic carbocycles. The Hall–Kier alpha value is -1.06. The highest BCUT2D eigenvalue weighted by Crippen LogP contribution is 2.34. The summed E-state index contributed by atoms with van der Waals surface area (Å²) >= 11 is 0. The van der Waals surface area contributed by atoms with E-state index in [1.54, 1.807) is 0 Å². The molecule has 0 aliphatic rings. The molecule has 0 radical (unpaired) electrons. The topological polar surface area (TPSA) is 55.5 Å². The van der Waals surface area contributed by atoms with Crippen LogP contribution in [0.1, 0.15) is 37.5 Å². The highest BCUT2D eigenvalue weighted by molar-refractivity contribution is 5.46. The van der Waals surface area contributed by atoms with Crippen LogP contribution in [0.3, 0.4) is 0 Å². The fraction of sp³-hybridized carbons (Fsp3) is 0.500. The van der Waals surface area contributed by atoms with E-state index in [4.69, 9.17) is 5.90 Å². The Morgan fingerprint density at radius 3 is 2.40 bits per heavy atom. The Balaban J connectivity index is 3.25. The number of nitrogens with two attached hydrogens (primary N) is 1. The molecule has 1 rings (SSSR count). The van der Waals surface area contributed by atoms with E-state index in [-0.39, 0.29) is 5.41 Å². The molecule has 1 aromatic rings. The Morgan fingerprint density at radius 2 is 1.93 bits per heavy atom. The highest BCUT2D eigenvalue weighted by Gasteiger charge is 2.19. The average Bonchev–Trinajstić information content (AvgIpc) is 2.09. The molecule has 15 heavy (non-hydrogen) atoms. The summed E-state index contributed by atoms with van der Waals surface area (Å²) < 4.78 is 0. The van der Waals surface area contributed by atoms with E-state index in [1.807, 2.05) is 19.1 Å². The van der Waals surface area contributed by atoms with E-state index >= 15 is 0 Å². The molecule has 3 N–H and O–H groups in total. The molecule has 3 heteroatoms. The molecule has 0 spiro atoms. The minimum atomic E-state index is -0.0839. The van der Waals surface area contributed by atoms with Crippen LogP contribution in [0.4, 0.5) is 0 Å². The van der Waals surface area contributed by atoms with Gasteiger partial charge in [0.05, 0.1) is 6.61 Å². The van der Waals surface area contributed by atoms with Crippen LogP contribution in [0.5, 0.6) is 5.75 Å². The van der Waals surface area contributed by atoms with Gasteiger partial charge in [0.15, 0.2) is 0 Å². The second kappa shape index (κ2) is 4.21. The number of aromatic hydroxyl groups is 1. The molecule has 0 saturated carbocycles. The van der Waals surface area contributed by atoms with Gasteiger partial charge in [0.25, 0.3) is 0 Å². The molecule has 84 valence electrons. The van der Waals surface area contributed by atoms with Crippen molar-refractivity contribution in [1.82, 2.24) is 0 Å². The smallest absolute Gasteiger partial charge is 0.122 e. The molecule has 0 fully saturated rings. The van der Waals surface area contributed by atoms with Gasteiger partial charge in [0, 0.05) is 0 Å². The average molecular weight is 209 g/mol. The van der Waals surface area contributed by atoms with Crippen molar-refractivity contribution >= 4 is 0 Å². The Kier molecular flexibility index (Phi) is 3.37. The third kappa shape index (κ3) is 2.70. The van der Waals surface area contributed by atoms with Gasteiger partial charge in [-0.1, -0.05) is 26.8 Å². The van der Waals surface area contributed by atoms with Gasteiger partial charge in [-0.05, 0) is 35.1 Å². The SMILES string of the molecule is Cc1cc(CON)cc(C(C)(C)C)c1O. The van der Waals surface area contributed by atoms with Crippen LogP contribution in [0, 0.1) is 6.92 Å². The minimum Gasteiger partial charge on any atom is -0.507 e. The Morgan fingerprint density at radius 1 is 1.33 bits per heavy atom. The normalized spacial score (nSPS) is 11.8. The van der Waals surface area contributed by atoms with Crippen molar-refractivity contribution in [2.24, 2.45) is 5.90 Å². The van der Waals surface area contributed by atoms with Crippen LogP contribution < -0.4 is 5.90 Å². The summed E-state index contributed by atoms with van der Waals surface area (Å²) in [6.07, 6.45) is 0. The lowest BCUT2D eigenvalue weighted by molar-refractivity contribution is 0.124. The van der Waals surface area contributed by atoms with Crippen molar-refractivity contribution in [3.8, 4) is 5.75 Å². The van der Waals surface area contributed by atoms with Crippen LogP contribution in [0.25, 0.3) is 0 Å². The lowest BCUT2D eigenvalue weighted by atomic mass is 9.84. The van der Waals surface area contributed by atoms with Crippen molar-refractivity contribution in [1.29, 1.82) is 0 Å². The van der Waals surface area contributed by atoms with Gasteiger partial charge in [-0.2, -0.15) is 0 Å². The number of rotatable bonds is 2. The number of benzene rings is 1. The van der Waals surface area contributed by atoms with E-state index in [9.17, 15) is 5.11 Å². The summed E-state index contributed by atoms with van der Waals surface area (Å²) in [5, 5.41) is 9.95. The molecule has 0 amide bonds. The van der Waals surface area contributed by atoms with Crippen molar-refractivity contribution < 1.29 is 9.94 Å². The first-order valence-electron chi connectivity index (χ1n) is 5.01. The number of hydrogen-bond donors (Lipinski definition) is 2. The fourth-order valence-electron chi connectivity index (χ4n) is 1.61. The number of hydrogen-bond acceptors (Lipinski definition) is 3. The summed E-state index contributed by atoms with van der Waals surface area (Å²) in [5.74, 6) is 5.41. The maximum Gasteiger partial charge on any atom is 0.122 e. The molecule has 0 aliphatic carbocycles. The van der Waals surface area contributed by atoms with Gasteiger partial charge in [-0.15, -0.1) is 0 Å². The third-order valence-corrected chi connectivity index (χ3v) is 2.42. The predicted molar refractivity (Wildman–Crippen MR) is 60.5 cm³/mol. The van der Waals surface area contributed by atoms with Crippen LogP contribution in [-0.2, 0) is 16.9 Å². The summed E-state index contributed by atoms with van der Waals surface area (Å²) in [4.78, 5) is 4.61. The van der Waals surface area contributed by atoms with E-state index in [0.29, 0.717) is 12.4 Å². The molecular weight excluding hydrogens is 190 g/mol. The quantitative estimate of drug-likeness (QED) is 0.735. The van der Waals surface area contributed by atoms with E-state index in [1.165, 1.54) is 0 Å². The molecule has 0 heterocycles. The van der Waals surface area contributed by atoms with Crippen molar-refractivity contribution in [3.63, 3.8) is 0 Å². The summed E-state index contributed by atoms with van der Waals surface area (Å²) in [6, 6.07) is 3.83. The zero-order chi connectivity index (χ0) is 11.6. The monoisotopic (exact) mass is 209 g/mol. The fourth-order valence-corrected chi connectivity index (χ4v) is 1.61. The summed E-state index contributed by atoms with van der Waals surface area (Å²) in [5.41, 5.74) is 2.68. The summed E-state index contributed by atoms with van der Waals surface area (Å²) in [6.45, 7) is 8.44. The first-order valence-corrected chi connectivity index (χ1v) is 5.01. The summed E-state index contributed by atoms with van der Waals surface area (Å²) in [7, 11) is 0. The molecule has 3 nitrogen and oxygen atoms in total. The predicted octanol–water partition coefficient (Wildman–Crippen LogP) is 2.39. The van der Waals surface area contributed by atoms with E-state index in [2.05, 4.69) is 25.6 Å². The van der Waals surface area contributed by atoms with Gasteiger partial charge in [0.2, 0.25) is 0 Å². The van der Waals surface area contributed by atoms with Crippen LogP contribution >= 0.6 is 0 Å². The van der Waals surface area contributed by atoms with Gasteiger partial charge in [0.1, 0.15) is 5.75 Å². The molecule has 0 saturated heterocycles. The molecule has 0 aromatic heterocycles. The lowest BCUT2D eigenvalue weighted by Gasteiger charge is -2.22. The minimum absolute atomic E-state index is 0.0839. The lowest BCUT2D eigenvalue weighted by Crippen LogP contribution is -2.13. The standard InChI is InChI=1S/C12H19NO2/c1-8-5-9(7-15-13)6-10(11(8)14)12(2,3)4/h5-6,14H,7,13H2,1-4H3. The van der Waals surface area contributed by atoms with Crippen molar-refractivity contribution in [2.45, 2.75) is 39.7 Å². The van der Waals surface area contributed by atoms with E-state index < -0.39 is 0 Å². The van der Waals surface area contributed by atoms with Gasteiger partial charge in [-0.3, -0.25) is 4.84 Å². The van der Waals surface area contributed by atoms with Gasteiger partial charge >= 0.3 is 0 Å². The number of phenolic OH excluding ortho intramolecular Hbond substituents is 1. The van der Waals surface area contributed by atoms with Crippen molar-refractivity contribution in [2.75, 3.05) is 0 Å². The van der Waals surface area contributed by atoms with Crippen LogP contribution in [-0.4, -0.2) is 5.11 Å². The van der Waals surface area contributed by atoms with Gasteiger partial charge in [-0.25, -0.2) is 5.90 Å². The number of phenols is 1. The van der Waals surface area contributed by atoms with Crippen LogP contribution in [0.2, 0.25) is 0 Å². The first-order chi connectivity index (χ1) is 6.86. The molecule has 0 atom stereocenters. The van der Waals surface area contributed by atoms with E-state index in [0.717, 1.165) is 16.7 Å². The van der Waals surface area contributed by atoms with Crippen LogP contribution in [0.15, 0.2) is 12.1 Å². The maximum atomic E-state index is 9.95. The largest absolute Gasteiger partial charge is 0.507 e. The Labute approximate surface area is 90.8 Å². The highest BCUT2D eigenvalue weighted by atomic mass is 16.6. The van der Waals surface area contributed by atoms with Crippen molar-refractivity contribution in [3.05, 3.63) is 28.8 Å². The maximum absolute atomic E-state index is 9.95. The molecule has 0 unspecified atom stereocenters. The Bertz CT molecular complexity index is 353. The zero-order valence-electron chi connectivity index (χ0n) is 9.79. The van der Waals surface area contributed by atoms with Gasteiger partial charge < -0.3 is 5.11 Å².